The molecular formula is C12H15N3O5. The van der Waals surface area contributed by atoms with Gasteiger partial charge in [-0.2, -0.15) is 0 Å². The van der Waals surface area contributed by atoms with Crippen LogP contribution in [0.4, 0.5) is 5.82 Å². The molecule has 2 atom stereocenters. The minimum Gasteiger partial charge on any atom is -0.479 e. The minimum absolute atomic E-state index is 0.126. The van der Waals surface area contributed by atoms with Crippen molar-refractivity contribution in [1.82, 2.24) is 10.2 Å². The summed E-state index contributed by atoms with van der Waals surface area (Å²) in [5.41, 5.74) is 0.126. The van der Waals surface area contributed by atoms with Gasteiger partial charge in [0.15, 0.2) is 11.8 Å². The third-order valence-corrected chi connectivity index (χ3v) is 2.95. The number of carbonyl (C=O) groups excluding carboxylic acids is 1. The average Bonchev–Trinajstić information content (AvgIpc) is 2.94. The second-order valence-corrected chi connectivity index (χ2v) is 4.34. The number of nitrogens with zero attached hydrogens (tertiary/aromatic N) is 2. The molecule has 2 unspecified atom stereocenters. The lowest BCUT2D eigenvalue weighted by Gasteiger charge is -2.12. The number of esters is 1. The number of ether oxygens (including phenoxy) is 2. The zero-order valence-electron chi connectivity index (χ0n) is 10.9. The fourth-order valence-electron chi connectivity index (χ4n) is 1.90. The molecule has 0 aromatic carbocycles. The number of carboxylic acid groups (broad SMARTS) is 1. The van der Waals surface area contributed by atoms with Gasteiger partial charge in [-0.3, -0.25) is 0 Å². The Morgan fingerprint density at radius 3 is 2.80 bits per heavy atom. The smallest absolute Gasteiger partial charge is 0.358 e. The molecule has 8 nitrogen and oxygen atoms in total. The molecule has 1 aromatic heterocycles. The van der Waals surface area contributed by atoms with Crippen molar-refractivity contribution in [2.24, 2.45) is 0 Å². The minimum atomic E-state index is -0.935. The lowest BCUT2D eigenvalue weighted by atomic mass is 10.2. The summed E-state index contributed by atoms with van der Waals surface area (Å²) in [4.78, 5) is 21.9. The molecule has 2 N–H and O–H groups in total. The first kappa shape index (κ1) is 14.2. The molecule has 20 heavy (non-hydrogen) atoms. The molecule has 0 bridgehead atoms. The van der Waals surface area contributed by atoms with Gasteiger partial charge in [0.2, 0.25) is 0 Å². The van der Waals surface area contributed by atoms with Gasteiger partial charge in [0, 0.05) is 6.54 Å². The third-order valence-electron chi connectivity index (χ3n) is 2.95. The summed E-state index contributed by atoms with van der Waals surface area (Å²) < 4.78 is 9.85. The molecular weight excluding hydrogens is 266 g/mol. The van der Waals surface area contributed by atoms with Crippen LogP contribution in [-0.2, 0) is 14.3 Å². The predicted octanol–water partition coefficient (Wildman–Crippen LogP) is 0.307. The van der Waals surface area contributed by atoms with E-state index >= 15 is 0 Å². The molecule has 0 saturated carbocycles. The zero-order valence-corrected chi connectivity index (χ0v) is 10.9. The maximum Gasteiger partial charge on any atom is 0.358 e. The first-order chi connectivity index (χ1) is 9.60. The number of anilines is 1. The maximum atomic E-state index is 11.2. The Kier molecular flexibility index (Phi) is 4.46. The summed E-state index contributed by atoms with van der Waals surface area (Å²) in [7, 11) is 1.27. The molecule has 108 valence electrons. The van der Waals surface area contributed by atoms with E-state index in [1.807, 2.05) is 0 Å². The van der Waals surface area contributed by atoms with Gasteiger partial charge >= 0.3 is 11.9 Å². The van der Waals surface area contributed by atoms with Crippen LogP contribution in [0.1, 0.15) is 23.3 Å². The molecule has 0 spiro atoms. The van der Waals surface area contributed by atoms with Crippen molar-refractivity contribution in [2.45, 2.75) is 25.0 Å². The van der Waals surface area contributed by atoms with Crippen LogP contribution in [0.15, 0.2) is 12.1 Å². The first-order valence-electron chi connectivity index (χ1n) is 6.14. The van der Waals surface area contributed by atoms with Crippen LogP contribution in [0.25, 0.3) is 0 Å². The van der Waals surface area contributed by atoms with Crippen molar-refractivity contribution >= 4 is 17.8 Å². The van der Waals surface area contributed by atoms with Crippen LogP contribution >= 0.6 is 0 Å². The lowest BCUT2D eigenvalue weighted by molar-refractivity contribution is -0.149. The number of hydrogen-bond donors (Lipinski definition) is 2. The maximum absolute atomic E-state index is 11.2. The zero-order chi connectivity index (χ0) is 14.5. The van der Waals surface area contributed by atoms with E-state index in [-0.39, 0.29) is 11.8 Å². The molecule has 2 heterocycles. The van der Waals surface area contributed by atoms with Gasteiger partial charge in [0.05, 0.1) is 13.2 Å². The van der Waals surface area contributed by atoms with Crippen LogP contribution in [0, 0.1) is 0 Å². The summed E-state index contributed by atoms with van der Waals surface area (Å²) in [6.07, 6.45) is 0.291. The van der Waals surface area contributed by atoms with Crippen molar-refractivity contribution in [3.05, 3.63) is 17.8 Å². The summed E-state index contributed by atoms with van der Waals surface area (Å²) in [5.74, 6) is -0.998. The highest BCUT2D eigenvalue weighted by Gasteiger charge is 2.30. The van der Waals surface area contributed by atoms with Crippen LogP contribution in [0.2, 0.25) is 0 Å². The van der Waals surface area contributed by atoms with Gasteiger partial charge in [-0.15, -0.1) is 10.2 Å². The Bertz CT molecular complexity index is 490. The number of methoxy groups -OCH3 is 1. The number of aliphatic carboxylic acids is 1. The molecule has 1 aliphatic rings. The highest BCUT2D eigenvalue weighted by Crippen LogP contribution is 2.20. The summed E-state index contributed by atoms with van der Waals surface area (Å²) in [6.45, 7) is 0.441. The molecule has 1 aromatic rings. The van der Waals surface area contributed by atoms with E-state index in [0.29, 0.717) is 25.2 Å². The summed E-state index contributed by atoms with van der Waals surface area (Å²) in [6, 6.07) is 3.10. The Labute approximate surface area is 115 Å². The second kappa shape index (κ2) is 6.29. The van der Waals surface area contributed by atoms with Crippen molar-refractivity contribution in [2.75, 3.05) is 19.0 Å². The molecule has 1 fully saturated rings. The SMILES string of the molecule is COC(=O)c1ccc(NCC2CCC(C(=O)O)O2)nn1. The highest BCUT2D eigenvalue weighted by atomic mass is 16.5. The average molecular weight is 281 g/mol. The molecule has 8 heteroatoms. The van der Waals surface area contributed by atoms with Gasteiger partial charge in [0.25, 0.3) is 0 Å². The van der Waals surface area contributed by atoms with E-state index in [0.717, 1.165) is 0 Å². The normalized spacial score (nSPS) is 21.4. The highest BCUT2D eigenvalue weighted by molar-refractivity contribution is 5.86. The van der Waals surface area contributed by atoms with Gasteiger partial charge < -0.3 is 19.9 Å². The fraction of sp³-hybridized carbons (Fsp3) is 0.500. The van der Waals surface area contributed by atoms with Gasteiger partial charge in [0.1, 0.15) is 5.82 Å². The molecule has 1 saturated heterocycles. The van der Waals surface area contributed by atoms with Crippen molar-refractivity contribution in [3.63, 3.8) is 0 Å². The Morgan fingerprint density at radius 1 is 1.45 bits per heavy atom. The van der Waals surface area contributed by atoms with Gasteiger partial charge in [-0.1, -0.05) is 0 Å². The van der Waals surface area contributed by atoms with E-state index < -0.39 is 18.0 Å². The number of hydrogen-bond acceptors (Lipinski definition) is 7. The molecule has 1 aliphatic heterocycles. The van der Waals surface area contributed by atoms with Crippen LogP contribution in [0.5, 0.6) is 0 Å². The fourth-order valence-corrected chi connectivity index (χ4v) is 1.90. The standard InChI is InChI=1S/C12H15N3O5/c1-19-12(18)8-3-5-10(15-14-8)13-6-7-2-4-9(20-7)11(16)17/h3,5,7,9H,2,4,6H2,1H3,(H,13,15)(H,16,17). The topological polar surface area (TPSA) is 111 Å². The van der Waals surface area contributed by atoms with E-state index in [1.54, 1.807) is 6.07 Å². The van der Waals surface area contributed by atoms with Crippen molar-refractivity contribution in [3.8, 4) is 0 Å². The van der Waals surface area contributed by atoms with Crippen LogP contribution in [-0.4, -0.2) is 53.1 Å². The molecule has 0 aliphatic carbocycles. The number of rotatable bonds is 5. The molecule has 0 amide bonds. The molecule has 2 rings (SSSR count). The van der Waals surface area contributed by atoms with E-state index in [9.17, 15) is 9.59 Å². The van der Waals surface area contributed by atoms with E-state index in [1.165, 1.54) is 13.2 Å². The number of aromatic nitrogens is 2. The van der Waals surface area contributed by atoms with E-state index in [2.05, 4.69) is 20.3 Å². The Morgan fingerprint density at radius 2 is 2.25 bits per heavy atom. The van der Waals surface area contributed by atoms with Crippen LogP contribution in [0.3, 0.4) is 0 Å². The van der Waals surface area contributed by atoms with Gasteiger partial charge in [-0.05, 0) is 25.0 Å². The molecule has 0 radical (unpaired) electrons. The largest absolute Gasteiger partial charge is 0.479 e. The number of carbonyl (C=O) groups is 2. The summed E-state index contributed by atoms with van der Waals surface area (Å²) in [5, 5.41) is 19.3. The van der Waals surface area contributed by atoms with Crippen molar-refractivity contribution in [1.29, 1.82) is 0 Å². The second-order valence-electron chi connectivity index (χ2n) is 4.34. The van der Waals surface area contributed by atoms with Crippen molar-refractivity contribution < 1.29 is 24.2 Å². The number of carboxylic acids is 1. The predicted molar refractivity (Wildman–Crippen MR) is 67.4 cm³/mol. The first-order valence-corrected chi connectivity index (χ1v) is 6.14. The Balaban J connectivity index is 1.83. The quantitative estimate of drug-likeness (QED) is 0.742. The Hall–Kier alpha value is -2.22. The summed E-state index contributed by atoms with van der Waals surface area (Å²) >= 11 is 0. The lowest BCUT2D eigenvalue weighted by Crippen LogP contribution is -2.24. The van der Waals surface area contributed by atoms with E-state index in [4.69, 9.17) is 9.84 Å². The van der Waals surface area contributed by atoms with Crippen LogP contribution < -0.4 is 5.32 Å². The van der Waals surface area contributed by atoms with Gasteiger partial charge in [-0.25, -0.2) is 9.59 Å². The monoisotopic (exact) mass is 281 g/mol. The number of nitrogens with one attached hydrogen (secondary N) is 1. The third kappa shape index (κ3) is 3.41.